The van der Waals surface area contributed by atoms with E-state index in [2.05, 4.69) is 93.5 Å². The number of rotatable bonds is 28. The number of unbranched alkanes of at least 4 members (excludes halogenated alkanes) is 8. The number of aryl methyl sites for hydroxylation is 4. The van der Waals surface area contributed by atoms with Crippen LogP contribution in [0.3, 0.4) is 0 Å². The van der Waals surface area contributed by atoms with Crippen LogP contribution >= 0.6 is 0 Å². The van der Waals surface area contributed by atoms with Crippen LogP contribution in [0.2, 0.25) is 9.79 Å². The van der Waals surface area contributed by atoms with Crippen LogP contribution in [0.5, 0.6) is 0 Å². The summed E-state index contributed by atoms with van der Waals surface area (Å²) in [7, 11) is 0. The van der Waals surface area contributed by atoms with Crippen molar-refractivity contribution in [3.8, 4) is 0 Å². The van der Waals surface area contributed by atoms with Crippen LogP contribution in [-0.4, -0.2) is 4.70 Å². The van der Waals surface area contributed by atoms with Gasteiger partial charge in [-0.2, -0.15) is 0 Å². The first-order chi connectivity index (χ1) is 26.8. The number of benzene rings is 2. The standard InChI is InChI=1S/C48H76N2.2C2H5.Pd/c1-9-17-22-28-39-35-42(36-40(29-23-18-10-2)44(39)32-24-19-11-3)48-46(31-21-13-5)45(30-20-12-4)47(50(48)49)41-33-37(25-14-6)43(27-16-8)38(34-41)26-15-7;2*1-2;/h33-36H,9-32H2,1-8H3;2*1H2,2H3;. The predicted octanol–water partition coefficient (Wildman–Crippen LogP) is 17.2. The van der Waals surface area contributed by atoms with E-state index >= 15 is 0 Å². The van der Waals surface area contributed by atoms with Crippen LogP contribution in [0.1, 0.15) is 229 Å². The van der Waals surface area contributed by atoms with Crippen LogP contribution < -0.4 is 0 Å². The Kier molecular flexibility index (Phi) is 26.4. The molecule has 1 aliphatic heterocycles. The summed E-state index contributed by atoms with van der Waals surface area (Å²) in [6, 6.07) is 10.0. The Labute approximate surface area is 350 Å². The van der Waals surface area contributed by atoms with Gasteiger partial charge in [-0.15, -0.1) is 0 Å². The van der Waals surface area contributed by atoms with Crippen molar-refractivity contribution in [2.75, 3.05) is 0 Å². The maximum atomic E-state index is 12.7. The quantitative estimate of drug-likeness (QED) is 0.0463. The molecule has 314 valence electrons. The fraction of sp³-hybridized carbons (Fsp3) is 0.692. The van der Waals surface area contributed by atoms with Crippen molar-refractivity contribution >= 4 is 11.4 Å². The number of allylic oxidation sites excluding steroid dienone is 2. The summed E-state index contributed by atoms with van der Waals surface area (Å²) >= 11 is 1.04. The molecule has 0 atom stereocenters. The van der Waals surface area contributed by atoms with Gasteiger partial charge in [0.2, 0.25) is 11.4 Å². The molecule has 0 amide bonds. The van der Waals surface area contributed by atoms with Crippen LogP contribution in [0.25, 0.3) is 16.9 Å². The van der Waals surface area contributed by atoms with Crippen molar-refractivity contribution in [2.45, 2.75) is 233 Å². The maximum absolute atomic E-state index is 12.7. The second-order valence-electron chi connectivity index (χ2n) is 15.9. The number of hydrogen-bond acceptors (Lipinski definition) is 0. The van der Waals surface area contributed by atoms with E-state index in [1.165, 1.54) is 114 Å². The van der Waals surface area contributed by atoms with Gasteiger partial charge in [0, 0.05) is 22.3 Å². The Bertz CT molecular complexity index is 1400. The zero-order valence-electron chi connectivity index (χ0n) is 37.9. The summed E-state index contributed by atoms with van der Waals surface area (Å²) in [6.07, 6.45) is 28.3. The summed E-state index contributed by atoms with van der Waals surface area (Å²) in [5.41, 5.74) is 29.4. The molecule has 0 saturated heterocycles. The molecule has 0 radical (unpaired) electrons. The normalized spacial score (nSPS) is 13.0. The SMILES string of the molecule is CCCCCc1cc(C2=C(CCCC)C(CCCC)=C(c3cc(CCC)c(CCC)c(CCC)c3)[N+]2=[N-])cc(CCCCC)c1CCCCC.C[CH2][Pd][CH2]C. The van der Waals surface area contributed by atoms with Crippen molar-refractivity contribution < 1.29 is 22.7 Å². The van der Waals surface area contributed by atoms with Crippen LogP contribution in [0, 0.1) is 0 Å². The van der Waals surface area contributed by atoms with Crippen LogP contribution in [0.15, 0.2) is 35.4 Å². The van der Waals surface area contributed by atoms with E-state index in [4.69, 9.17) is 0 Å². The molecule has 2 nitrogen and oxygen atoms in total. The van der Waals surface area contributed by atoms with E-state index in [1.54, 1.807) is 27.0 Å². The Morgan fingerprint density at radius 1 is 0.382 bits per heavy atom. The third kappa shape index (κ3) is 15.5. The molecule has 0 fully saturated rings. The van der Waals surface area contributed by atoms with E-state index in [9.17, 15) is 5.53 Å². The van der Waals surface area contributed by atoms with Gasteiger partial charge < -0.3 is 5.53 Å². The van der Waals surface area contributed by atoms with Gasteiger partial charge in [0.15, 0.2) is 0 Å². The third-order valence-electron chi connectivity index (χ3n) is 11.3. The molecule has 0 saturated carbocycles. The number of hydrogen-bond donors (Lipinski definition) is 0. The molecule has 0 aliphatic carbocycles. The number of nitrogens with zero attached hydrogens (tertiary/aromatic N) is 2. The van der Waals surface area contributed by atoms with Gasteiger partial charge in [0.25, 0.3) is 0 Å². The van der Waals surface area contributed by atoms with Crippen LogP contribution in [0.4, 0.5) is 0 Å². The molecular formula is C52H86N2Pd. The summed E-state index contributed by atoms with van der Waals surface area (Å²) in [5, 5.41) is 0. The molecule has 3 heteroatoms. The molecule has 0 N–H and O–H groups in total. The molecule has 3 rings (SSSR count). The van der Waals surface area contributed by atoms with Crippen molar-refractivity contribution in [3.05, 3.63) is 85.5 Å². The van der Waals surface area contributed by atoms with E-state index in [0.717, 1.165) is 113 Å². The minimum atomic E-state index is 1.02. The van der Waals surface area contributed by atoms with E-state index in [-0.39, 0.29) is 0 Å². The monoisotopic (exact) mass is 845 g/mol. The second-order valence-corrected chi connectivity index (χ2v) is 18.9. The zero-order chi connectivity index (χ0) is 40.4. The van der Waals surface area contributed by atoms with Crippen molar-refractivity contribution in [3.63, 3.8) is 0 Å². The van der Waals surface area contributed by atoms with E-state index in [1.807, 2.05) is 0 Å². The first kappa shape index (κ1) is 49.3. The molecular weight excluding hydrogens is 759 g/mol. The first-order valence-corrected chi connectivity index (χ1v) is 25.8. The van der Waals surface area contributed by atoms with Gasteiger partial charge in [-0.3, -0.25) is 0 Å². The average Bonchev–Trinajstić information content (AvgIpc) is 3.46. The van der Waals surface area contributed by atoms with Crippen molar-refractivity contribution in [2.24, 2.45) is 0 Å². The minimum absolute atomic E-state index is 1.02. The van der Waals surface area contributed by atoms with Gasteiger partial charge in [-0.1, -0.05) is 126 Å². The Balaban J connectivity index is 0.00000196. The second kappa shape index (κ2) is 29.4. The van der Waals surface area contributed by atoms with E-state index in [0.29, 0.717) is 0 Å². The molecule has 2 aromatic rings. The summed E-state index contributed by atoms with van der Waals surface area (Å²) in [5.74, 6) is 0. The van der Waals surface area contributed by atoms with Gasteiger partial charge in [-0.25, -0.2) is 4.70 Å². The predicted molar refractivity (Wildman–Crippen MR) is 242 cm³/mol. The summed E-state index contributed by atoms with van der Waals surface area (Å²) < 4.78 is 1.69. The average molecular weight is 846 g/mol. The molecule has 0 aromatic heterocycles. The summed E-state index contributed by atoms with van der Waals surface area (Å²) in [6.45, 7) is 23.0. The van der Waals surface area contributed by atoms with Gasteiger partial charge in [0.1, 0.15) is 0 Å². The third-order valence-corrected chi connectivity index (χ3v) is 12.9. The zero-order valence-corrected chi connectivity index (χ0v) is 39.5. The van der Waals surface area contributed by atoms with Crippen molar-refractivity contribution in [1.29, 1.82) is 0 Å². The first-order valence-electron chi connectivity index (χ1n) is 23.6. The Hall–Kier alpha value is -1.82. The molecule has 1 heterocycles. The molecule has 1 aliphatic rings. The molecule has 0 spiro atoms. The molecule has 2 aromatic carbocycles. The molecule has 0 unspecified atom stereocenters. The van der Waals surface area contributed by atoms with Crippen molar-refractivity contribution in [1.82, 2.24) is 0 Å². The van der Waals surface area contributed by atoms with Gasteiger partial charge >= 0.3 is 41.6 Å². The van der Waals surface area contributed by atoms with Gasteiger partial charge in [0.05, 0.1) is 0 Å². The van der Waals surface area contributed by atoms with Crippen LogP contribution in [-0.2, 0) is 56.5 Å². The van der Waals surface area contributed by atoms with E-state index < -0.39 is 0 Å². The summed E-state index contributed by atoms with van der Waals surface area (Å²) in [4.78, 5) is 2.79. The fourth-order valence-corrected chi connectivity index (χ4v) is 9.30. The molecule has 0 bridgehead atoms. The Morgan fingerprint density at radius 3 is 1.05 bits per heavy atom. The molecule has 55 heavy (non-hydrogen) atoms. The Morgan fingerprint density at radius 2 is 0.727 bits per heavy atom. The van der Waals surface area contributed by atoms with Gasteiger partial charge in [-0.05, 0) is 141 Å². The topological polar surface area (TPSA) is 25.3 Å². The fourth-order valence-electron chi connectivity index (χ4n) is 8.52.